The van der Waals surface area contributed by atoms with Crippen LogP contribution in [0.2, 0.25) is 5.02 Å². The number of benzene rings is 1. The van der Waals surface area contributed by atoms with Gasteiger partial charge in [0.15, 0.2) is 0 Å². The number of nitrogens with one attached hydrogen (secondary N) is 1. The number of pyridine rings is 2. The van der Waals surface area contributed by atoms with Gasteiger partial charge in [0.2, 0.25) is 11.9 Å². The quantitative estimate of drug-likeness (QED) is 0.431. The van der Waals surface area contributed by atoms with E-state index in [2.05, 4.69) is 20.3 Å². The molecule has 0 radical (unpaired) electrons. The van der Waals surface area contributed by atoms with Crippen LogP contribution in [0.25, 0.3) is 33.4 Å². The maximum Gasteiger partial charge on any atom is 0.260 e. The fraction of sp³-hybridized carbons (Fsp3) is 0.296. The maximum absolute atomic E-state index is 13.5. The van der Waals surface area contributed by atoms with Gasteiger partial charge in [0.25, 0.3) is 5.56 Å². The number of halogens is 1. The Hall–Kier alpha value is -3.78. The number of fused-ring (bicyclic) bond motifs is 1. The molecule has 1 aromatic carbocycles. The number of aryl methyl sites for hydroxylation is 2. The highest BCUT2D eigenvalue weighted by molar-refractivity contribution is 6.33. The molecule has 1 amide bonds. The van der Waals surface area contributed by atoms with E-state index in [0.29, 0.717) is 47.4 Å². The normalized spacial score (nSPS) is 15.4. The summed E-state index contributed by atoms with van der Waals surface area (Å²) in [4.78, 5) is 40.6. The Kier molecular flexibility index (Phi) is 6.45. The summed E-state index contributed by atoms with van der Waals surface area (Å²) >= 11 is 6.69. The van der Waals surface area contributed by atoms with Crippen molar-refractivity contribution in [3.05, 3.63) is 69.7 Å². The van der Waals surface area contributed by atoms with Crippen LogP contribution in [-0.2, 0) is 11.3 Å². The van der Waals surface area contributed by atoms with Crippen LogP contribution in [0.1, 0.15) is 25.8 Å². The van der Waals surface area contributed by atoms with Crippen molar-refractivity contribution in [2.75, 3.05) is 18.4 Å². The van der Waals surface area contributed by atoms with Gasteiger partial charge in [-0.3, -0.25) is 19.1 Å². The van der Waals surface area contributed by atoms with Gasteiger partial charge in [-0.2, -0.15) is 4.98 Å². The van der Waals surface area contributed by atoms with Gasteiger partial charge >= 0.3 is 0 Å². The van der Waals surface area contributed by atoms with E-state index in [-0.39, 0.29) is 17.5 Å². The highest BCUT2D eigenvalue weighted by Crippen LogP contribution is 2.32. The number of aromatic nitrogens is 4. The van der Waals surface area contributed by atoms with Crippen molar-refractivity contribution in [2.45, 2.75) is 39.8 Å². The first-order chi connectivity index (χ1) is 17.4. The molecule has 0 spiro atoms. The molecule has 1 aliphatic heterocycles. The third kappa shape index (κ3) is 4.44. The highest BCUT2D eigenvalue weighted by Gasteiger charge is 2.25. The molecule has 1 aliphatic rings. The van der Waals surface area contributed by atoms with Gasteiger partial charge in [-0.1, -0.05) is 29.8 Å². The van der Waals surface area contributed by atoms with E-state index >= 15 is 0 Å². The van der Waals surface area contributed by atoms with Crippen molar-refractivity contribution < 1.29 is 4.79 Å². The number of carbonyl (C=O) groups excluding carboxylic acids is 1. The summed E-state index contributed by atoms with van der Waals surface area (Å²) in [5.41, 5.74) is 4.35. The summed E-state index contributed by atoms with van der Waals surface area (Å²) < 4.78 is 1.64. The van der Waals surface area contributed by atoms with Gasteiger partial charge in [0, 0.05) is 72.1 Å². The summed E-state index contributed by atoms with van der Waals surface area (Å²) in [7, 11) is 0. The molecule has 4 heterocycles. The molecule has 1 fully saturated rings. The lowest BCUT2D eigenvalue weighted by Crippen LogP contribution is -2.30. The monoisotopic (exact) mass is 502 g/mol. The minimum absolute atomic E-state index is 0.0629. The Morgan fingerprint density at radius 1 is 1.19 bits per heavy atom. The van der Waals surface area contributed by atoms with Crippen LogP contribution in [0.4, 0.5) is 5.95 Å². The predicted octanol–water partition coefficient (Wildman–Crippen LogP) is 4.53. The van der Waals surface area contributed by atoms with Crippen molar-refractivity contribution >= 4 is 34.5 Å². The van der Waals surface area contributed by atoms with Gasteiger partial charge in [-0.05, 0) is 44.0 Å². The van der Waals surface area contributed by atoms with E-state index < -0.39 is 0 Å². The Labute approximate surface area is 214 Å². The first kappa shape index (κ1) is 23.9. The standard InChI is InChI=1S/C27H27ClN6O2/c1-4-34-25-19(14-30-27(32-25)31-20-9-11-33(15-20)17(3)35)12-22(26(34)36)21-8-7-18(13-23(21)28)24-16(2)6-5-10-29-24/h5-8,10,12-14,20H,4,9,11,15H2,1-3H3,(H,30,31,32). The molecule has 0 bridgehead atoms. The molecule has 0 aliphatic carbocycles. The van der Waals surface area contributed by atoms with Crippen molar-refractivity contribution in [1.82, 2.24) is 24.4 Å². The average molecular weight is 503 g/mol. The van der Waals surface area contributed by atoms with Gasteiger partial charge < -0.3 is 10.2 Å². The molecule has 1 saturated heterocycles. The Morgan fingerprint density at radius 3 is 2.72 bits per heavy atom. The second-order valence-electron chi connectivity index (χ2n) is 9.04. The number of hydrogen-bond donors (Lipinski definition) is 1. The van der Waals surface area contributed by atoms with Crippen molar-refractivity contribution in [3.8, 4) is 22.4 Å². The number of hydrogen-bond acceptors (Lipinski definition) is 6. The summed E-state index contributed by atoms with van der Waals surface area (Å²) in [6, 6.07) is 11.4. The summed E-state index contributed by atoms with van der Waals surface area (Å²) in [6.07, 6.45) is 4.30. The van der Waals surface area contributed by atoms with Crippen LogP contribution < -0.4 is 10.9 Å². The Bertz CT molecular complexity index is 1530. The second kappa shape index (κ2) is 9.70. The van der Waals surface area contributed by atoms with E-state index in [4.69, 9.17) is 11.6 Å². The van der Waals surface area contributed by atoms with Crippen LogP contribution in [0, 0.1) is 6.92 Å². The van der Waals surface area contributed by atoms with Crippen molar-refractivity contribution in [2.24, 2.45) is 0 Å². The lowest BCUT2D eigenvalue weighted by Gasteiger charge is -2.16. The zero-order valence-electron chi connectivity index (χ0n) is 20.5. The second-order valence-corrected chi connectivity index (χ2v) is 9.45. The lowest BCUT2D eigenvalue weighted by atomic mass is 10.0. The van der Waals surface area contributed by atoms with Crippen LogP contribution in [0.3, 0.4) is 0 Å². The first-order valence-corrected chi connectivity index (χ1v) is 12.4. The van der Waals surface area contributed by atoms with E-state index in [1.165, 1.54) is 0 Å². The number of rotatable bonds is 5. The zero-order valence-corrected chi connectivity index (χ0v) is 21.2. The molecule has 3 aromatic heterocycles. The average Bonchev–Trinajstić information content (AvgIpc) is 3.33. The summed E-state index contributed by atoms with van der Waals surface area (Å²) in [5.74, 6) is 0.508. The molecule has 1 unspecified atom stereocenters. The maximum atomic E-state index is 13.5. The SMILES string of the molecule is CCn1c(=O)c(-c2ccc(-c3ncccc3C)cc2Cl)cc2cnc(NC3CCN(C(C)=O)C3)nc21. The summed E-state index contributed by atoms with van der Waals surface area (Å²) in [5, 5.41) is 4.54. The predicted molar refractivity (Wildman–Crippen MR) is 142 cm³/mol. The molecular formula is C27H27ClN6O2. The third-order valence-electron chi connectivity index (χ3n) is 6.65. The number of amides is 1. The molecule has 9 heteroatoms. The van der Waals surface area contributed by atoms with Gasteiger partial charge in [-0.15, -0.1) is 0 Å². The fourth-order valence-corrected chi connectivity index (χ4v) is 5.01. The molecule has 0 saturated carbocycles. The Morgan fingerprint density at radius 2 is 2.03 bits per heavy atom. The minimum Gasteiger partial charge on any atom is -0.350 e. The fourth-order valence-electron chi connectivity index (χ4n) is 4.73. The summed E-state index contributed by atoms with van der Waals surface area (Å²) in [6.45, 7) is 7.26. The number of carbonyl (C=O) groups is 1. The molecule has 1 N–H and O–H groups in total. The molecule has 1 atom stereocenters. The molecule has 36 heavy (non-hydrogen) atoms. The molecular weight excluding hydrogens is 476 g/mol. The third-order valence-corrected chi connectivity index (χ3v) is 6.96. The van der Waals surface area contributed by atoms with Crippen LogP contribution in [0.15, 0.2) is 53.6 Å². The van der Waals surface area contributed by atoms with E-state index in [1.54, 1.807) is 34.9 Å². The van der Waals surface area contributed by atoms with E-state index in [1.807, 2.05) is 44.2 Å². The Balaban J connectivity index is 1.51. The lowest BCUT2D eigenvalue weighted by molar-refractivity contribution is -0.127. The van der Waals surface area contributed by atoms with Gasteiger partial charge in [0.1, 0.15) is 5.65 Å². The number of anilines is 1. The van der Waals surface area contributed by atoms with Gasteiger partial charge in [0.05, 0.1) is 5.69 Å². The number of nitrogens with zero attached hydrogens (tertiary/aromatic N) is 5. The minimum atomic E-state index is -0.165. The van der Waals surface area contributed by atoms with Crippen molar-refractivity contribution in [1.29, 1.82) is 0 Å². The first-order valence-electron chi connectivity index (χ1n) is 12.0. The highest BCUT2D eigenvalue weighted by atomic mass is 35.5. The van der Waals surface area contributed by atoms with Crippen LogP contribution in [-0.4, -0.2) is 49.5 Å². The topological polar surface area (TPSA) is 93.0 Å². The molecule has 8 nitrogen and oxygen atoms in total. The van der Waals surface area contributed by atoms with E-state index in [9.17, 15) is 9.59 Å². The molecule has 184 valence electrons. The van der Waals surface area contributed by atoms with Crippen LogP contribution >= 0.6 is 11.6 Å². The van der Waals surface area contributed by atoms with Crippen molar-refractivity contribution in [3.63, 3.8) is 0 Å². The van der Waals surface area contributed by atoms with Crippen LogP contribution in [0.5, 0.6) is 0 Å². The zero-order chi connectivity index (χ0) is 25.4. The molecule has 5 rings (SSSR count). The smallest absolute Gasteiger partial charge is 0.260 e. The largest absolute Gasteiger partial charge is 0.350 e. The molecule has 4 aromatic rings. The van der Waals surface area contributed by atoms with E-state index in [0.717, 1.165) is 28.6 Å². The van der Waals surface area contributed by atoms with Gasteiger partial charge in [-0.25, -0.2) is 4.98 Å². The number of likely N-dealkylation sites (tertiary alicyclic amines) is 1.